The molecule has 0 radical (unpaired) electrons. The number of anilines is 1. The molecule has 0 saturated heterocycles. The zero-order valence-corrected chi connectivity index (χ0v) is 15.5. The van der Waals surface area contributed by atoms with Gasteiger partial charge in [-0.05, 0) is 36.4 Å². The van der Waals surface area contributed by atoms with E-state index >= 15 is 0 Å². The number of hydrogen-bond donors (Lipinski definition) is 1. The number of hydrazone groups is 1. The van der Waals surface area contributed by atoms with Gasteiger partial charge < -0.3 is 14.2 Å². The van der Waals surface area contributed by atoms with Gasteiger partial charge in [0.05, 0.1) is 33.2 Å². The highest BCUT2D eigenvalue weighted by molar-refractivity contribution is 7.14. The van der Waals surface area contributed by atoms with Crippen LogP contribution in [-0.2, 0) is 0 Å². The standard InChI is InChI=1S/C19H19N3O3S/c1-23-15-7-4-13(5-8-15)17-12-26-19(21-17)22-20-11-14-6-9-16(24-2)10-18(14)25-3/h4-12H,1-3H3,(H,21,22)/b20-11-. The van der Waals surface area contributed by atoms with E-state index in [0.717, 1.165) is 28.3 Å². The number of benzene rings is 2. The average molecular weight is 369 g/mol. The minimum Gasteiger partial charge on any atom is -0.497 e. The van der Waals surface area contributed by atoms with Crippen molar-refractivity contribution in [2.75, 3.05) is 26.8 Å². The molecular formula is C19H19N3O3S. The normalized spacial score (nSPS) is 10.7. The highest BCUT2D eigenvalue weighted by atomic mass is 32.1. The van der Waals surface area contributed by atoms with E-state index in [0.29, 0.717) is 10.9 Å². The minimum absolute atomic E-state index is 0.688. The van der Waals surface area contributed by atoms with E-state index in [2.05, 4.69) is 15.5 Å². The van der Waals surface area contributed by atoms with E-state index in [1.807, 2.05) is 47.8 Å². The average Bonchev–Trinajstić information content (AvgIpc) is 3.17. The Balaban J connectivity index is 1.68. The lowest BCUT2D eigenvalue weighted by Crippen LogP contribution is -1.95. The van der Waals surface area contributed by atoms with Gasteiger partial charge in [-0.1, -0.05) is 0 Å². The molecule has 26 heavy (non-hydrogen) atoms. The summed E-state index contributed by atoms with van der Waals surface area (Å²) in [5.74, 6) is 2.24. The van der Waals surface area contributed by atoms with Gasteiger partial charge >= 0.3 is 0 Å². The van der Waals surface area contributed by atoms with Crippen molar-refractivity contribution in [3.05, 3.63) is 53.4 Å². The van der Waals surface area contributed by atoms with Crippen LogP contribution < -0.4 is 19.6 Å². The van der Waals surface area contributed by atoms with Crippen molar-refractivity contribution in [1.29, 1.82) is 0 Å². The molecule has 134 valence electrons. The highest BCUT2D eigenvalue weighted by Gasteiger charge is 2.05. The summed E-state index contributed by atoms with van der Waals surface area (Å²) in [6.07, 6.45) is 1.69. The van der Waals surface area contributed by atoms with Crippen LogP contribution in [0, 0.1) is 0 Å². The fraction of sp³-hybridized carbons (Fsp3) is 0.158. The summed E-state index contributed by atoms with van der Waals surface area (Å²) in [6.45, 7) is 0. The van der Waals surface area contributed by atoms with E-state index in [1.165, 1.54) is 11.3 Å². The molecule has 3 aromatic rings. The molecule has 0 bridgehead atoms. The largest absolute Gasteiger partial charge is 0.497 e. The Bertz CT molecular complexity index is 891. The molecule has 0 atom stereocenters. The molecule has 0 aliphatic rings. The molecule has 6 nitrogen and oxygen atoms in total. The number of thiazole rings is 1. The van der Waals surface area contributed by atoms with Gasteiger partial charge in [0.1, 0.15) is 17.2 Å². The Morgan fingerprint density at radius 2 is 1.69 bits per heavy atom. The predicted molar refractivity (Wildman–Crippen MR) is 105 cm³/mol. The zero-order chi connectivity index (χ0) is 18.4. The first kappa shape index (κ1) is 17.8. The van der Waals surface area contributed by atoms with Gasteiger partial charge in [-0.3, -0.25) is 5.43 Å². The summed E-state index contributed by atoms with van der Waals surface area (Å²) < 4.78 is 15.7. The molecule has 1 heterocycles. The highest BCUT2D eigenvalue weighted by Crippen LogP contribution is 2.27. The van der Waals surface area contributed by atoms with Gasteiger partial charge in [0.2, 0.25) is 5.13 Å². The number of aromatic nitrogens is 1. The SMILES string of the molecule is COc1ccc(-c2csc(N/N=C\c3ccc(OC)cc3OC)n2)cc1. The Labute approximate surface area is 156 Å². The second-order valence-electron chi connectivity index (χ2n) is 5.24. The molecule has 1 aromatic heterocycles. The lowest BCUT2D eigenvalue weighted by Gasteiger charge is -2.06. The summed E-state index contributed by atoms with van der Waals surface area (Å²) in [4.78, 5) is 4.54. The first-order valence-corrected chi connectivity index (χ1v) is 8.72. The van der Waals surface area contributed by atoms with Crippen LogP contribution in [0.4, 0.5) is 5.13 Å². The molecule has 1 N–H and O–H groups in total. The van der Waals surface area contributed by atoms with E-state index in [1.54, 1.807) is 27.5 Å². The van der Waals surface area contributed by atoms with Crippen molar-refractivity contribution in [2.45, 2.75) is 0 Å². The summed E-state index contributed by atoms with van der Waals surface area (Å²) in [7, 11) is 4.88. The van der Waals surface area contributed by atoms with Crippen LogP contribution >= 0.6 is 11.3 Å². The van der Waals surface area contributed by atoms with Crippen LogP contribution in [-0.4, -0.2) is 32.5 Å². The summed E-state index contributed by atoms with van der Waals surface area (Å²) in [5, 5.41) is 6.93. The molecule has 0 saturated carbocycles. The van der Waals surface area contributed by atoms with Crippen molar-refractivity contribution < 1.29 is 14.2 Å². The summed E-state index contributed by atoms with van der Waals surface area (Å²) >= 11 is 1.49. The number of methoxy groups -OCH3 is 3. The summed E-state index contributed by atoms with van der Waals surface area (Å²) in [6, 6.07) is 13.3. The molecule has 7 heteroatoms. The first-order valence-electron chi connectivity index (χ1n) is 7.84. The van der Waals surface area contributed by atoms with E-state index in [9.17, 15) is 0 Å². The van der Waals surface area contributed by atoms with Gasteiger partial charge in [-0.25, -0.2) is 4.98 Å². The number of ether oxygens (including phenoxy) is 3. The third-order valence-electron chi connectivity index (χ3n) is 3.69. The lowest BCUT2D eigenvalue weighted by atomic mass is 10.2. The predicted octanol–water partition coefficient (Wildman–Crippen LogP) is 4.28. The lowest BCUT2D eigenvalue weighted by molar-refractivity contribution is 0.394. The zero-order valence-electron chi connectivity index (χ0n) is 14.7. The maximum absolute atomic E-state index is 5.35. The van der Waals surface area contributed by atoms with E-state index in [4.69, 9.17) is 14.2 Å². The van der Waals surface area contributed by atoms with Crippen LogP contribution in [0.2, 0.25) is 0 Å². The van der Waals surface area contributed by atoms with Crippen LogP contribution in [0.5, 0.6) is 17.2 Å². The quantitative estimate of drug-likeness (QED) is 0.497. The van der Waals surface area contributed by atoms with Gasteiger partial charge in [0.25, 0.3) is 0 Å². The molecular weight excluding hydrogens is 350 g/mol. The van der Waals surface area contributed by atoms with Crippen molar-refractivity contribution in [3.8, 4) is 28.5 Å². The molecule has 0 fully saturated rings. The smallest absolute Gasteiger partial charge is 0.203 e. The van der Waals surface area contributed by atoms with Crippen LogP contribution in [0.1, 0.15) is 5.56 Å². The van der Waals surface area contributed by atoms with E-state index < -0.39 is 0 Å². The fourth-order valence-electron chi connectivity index (χ4n) is 2.30. The Kier molecular flexibility index (Phi) is 5.70. The third-order valence-corrected chi connectivity index (χ3v) is 4.44. The number of nitrogens with one attached hydrogen (secondary N) is 1. The maximum atomic E-state index is 5.35. The topological polar surface area (TPSA) is 65.0 Å². The monoisotopic (exact) mass is 369 g/mol. The second-order valence-corrected chi connectivity index (χ2v) is 6.10. The molecule has 2 aromatic carbocycles. The number of hydrogen-bond acceptors (Lipinski definition) is 7. The summed E-state index contributed by atoms with van der Waals surface area (Å²) in [5.41, 5.74) is 5.70. The fourth-order valence-corrected chi connectivity index (χ4v) is 2.97. The molecule has 0 aliphatic heterocycles. The van der Waals surface area contributed by atoms with Crippen molar-refractivity contribution in [3.63, 3.8) is 0 Å². The van der Waals surface area contributed by atoms with Crippen LogP contribution in [0.25, 0.3) is 11.3 Å². The number of nitrogens with zero attached hydrogens (tertiary/aromatic N) is 2. The maximum Gasteiger partial charge on any atom is 0.203 e. The number of rotatable bonds is 7. The van der Waals surface area contributed by atoms with Crippen LogP contribution in [0.15, 0.2) is 52.9 Å². The van der Waals surface area contributed by atoms with E-state index in [-0.39, 0.29) is 0 Å². The van der Waals surface area contributed by atoms with Crippen LogP contribution in [0.3, 0.4) is 0 Å². The molecule has 3 rings (SSSR count). The molecule has 0 amide bonds. The van der Waals surface area contributed by atoms with Crippen molar-refractivity contribution >= 4 is 22.7 Å². The minimum atomic E-state index is 0.688. The van der Waals surface area contributed by atoms with Crippen molar-refractivity contribution in [1.82, 2.24) is 4.98 Å². The van der Waals surface area contributed by atoms with Gasteiger partial charge in [0.15, 0.2) is 0 Å². The van der Waals surface area contributed by atoms with Crippen molar-refractivity contribution in [2.24, 2.45) is 5.10 Å². The Morgan fingerprint density at radius 1 is 0.962 bits per heavy atom. The Morgan fingerprint density at radius 3 is 2.38 bits per heavy atom. The first-order chi connectivity index (χ1) is 12.7. The van der Waals surface area contributed by atoms with Gasteiger partial charge in [-0.2, -0.15) is 5.10 Å². The van der Waals surface area contributed by atoms with Gasteiger partial charge in [0, 0.05) is 22.6 Å². The Hall–Kier alpha value is -3.06. The molecule has 0 aliphatic carbocycles. The second kappa shape index (κ2) is 8.35. The molecule has 0 spiro atoms. The van der Waals surface area contributed by atoms with Gasteiger partial charge in [-0.15, -0.1) is 11.3 Å². The third kappa shape index (κ3) is 4.12. The molecule has 0 unspecified atom stereocenters.